The van der Waals surface area contributed by atoms with Crippen molar-refractivity contribution < 1.29 is 23.1 Å². The van der Waals surface area contributed by atoms with E-state index >= 15 is 0 Å². The lowest BCUT2D eigenvalue weighted by Gasteiger charge is -2.36. The first kappa shape index (κ1) is 31.9. The smallest absolute Gasteiger partial charge is 0.260 e. The normalized spacial score (nSPS) is 13.5. The molecule has 12 heteroatoms. The molecule has 0 radical (unpaired) electrons. The van der Waals surface area contributed by atoms with Crippen molar-refractivity contribution in [2.24, 2.45) is 0 Å². The predicted octanol–water partition coefficient (Wildman–Crippen LogP) is 4.35. The maximum absolute atomic E-state index is 12.8. The molecule has 1 saturated heterocycles. The van der Waals surface area contributed by atoms with Crippen LogP contribution in [0.2, 0.25) is 0 Å². The van der Waals surface area contributed by atoms with Crippen LogP contribution < -0.4 is 19.7 Å². The molecule has 1 amide bonds. The van der Waals surface area contributed by atoms with Crippen molar-refractivity contribution in [1.29, 1.82) is 0 Å². The first-order valence-electron chi connectivity index (χ1n) is 15.4. The van der Waals surface area contributed by atoms with E-state index < -0.39 is 10.0 Å². The van der Waals surface area contributed by atoms with Crippen molar-refractivity contribution in [1.82, 2.24) is 19.8 Å². The molecule has 0 spiro atoms. The largest absolute Gasteiger partial charge is 0.484 e. The van der Waals surface area contributed by atoms with Gasteiger partial charge in [-0.1, -0.05) is 54.6 Å². The number of nitrogens with zero attached hydrogens (tertiary/aromatic N) is 4. The van der Waals surface area contributed by atoms with Crippen molar-refractivity contribution in [2.45, 2.75) is 11.8 Å². The number of fused-ring (bicyclic) bond motifs is 1. The topological polar surface area (TPSA) is 137 Å². The lowest BCUT2D eigenvalue weighted by atomic mass is 10.0. The number of carbonyl (C=O) groups is 1. The fraction of sp³-hybridized carbons (Fsp3) is 0.229. The maximum Gasteiger partial charge on any atom is 0.260 e. The molecule has 1 aliphatic heterocycles. The zero-order valence-corrected chi connectivity index (χ0v) is 26.8. The van der Waals surface area contributed by atoms with E-state index in [1.54, 1.807) is 31.2 Å². The molecule has 0 atom stereocenters. The summed E-state index contributed by atoms with van der Waals surface area (Å²) in [5.41, 5.74) is 3.64. The molecule has 3 N–H and O–H groups in total. The Kier molecular flexibility index (Phi) is 9.62. The molecule has 4 aromatic carbocycles. The van der Waals surface area contributed by atoms with Crippen LogP contribution in [0.3, 0.4) is 0 Å². The highest BCUT2D eigenvalue weighted by molar-refractivity contribution is 7.89. The van der Waals surface area contributed by atoms with E-state index in [4.69, 9.17) is 9.84 Å². The molecule has 0 bridgehead atoms. The first-order valence-corrected chi connectivity index (χ1v) is 16.9. The van der Waals surface area contributed by atoms with Gasteiger partial charge in [0, 0.05) is 60.4 Å². The van der Waals surface area contributed by atoms with Crippen molar-refractivity contribution >= 4 is 43.9 Å². The van der Waals surface area contributed by atoms with Crippen LogP contribution in [0, 0.1) is 6.92 Å². The molecule has 0 unspecified atom stereocenters. The van der Waals surface area contributed by atoms with Gasteiger partial charge in [0.2, 0.25) is 10.0 Å². The first-order chi connectivity index (χ1) is 22.8. The van der Waals surface area contributed by atoms with Crippen LogP contribution >= 0.6 is 0 Å². The van der Waals surface area contributed by atoms with Crippen LogP contribution in [-0.2, 0) is 14.8 Å². The van der Waals surface area contributed by atoms with Crippen molar-refractivity contribution in [2.75, 3.05) is 56.2 Å². The summed E-state index contributed by atoms with van der Waals surface area (Å²) in [7, 11) is -3.82. The Morgan fingerprint density at radius 3 is 2.30 bits per heavy atom. The van der Waals surface area contributed by atoms with E-state index in [-0.39, 0.29) is 30.6 Å². The third-order valence-corrected chi connectivity index (χ3v) is 9.68. The average molecular weight is 653 g/mol. The number of nitrogens with one attached hydrogen (secondary N) is 2. The Morgan fingerprint density at radius 2 is 1.57 bits per heavy atom. The maximum atomic E-state index is 12.8. The van der Waals surface area contributed by atoms with Gasteiger partial charge < -0.3 is 25.0 Å². The van der Waals surface area contributed by atoms with Gasteiger partial charge in [0.1, 0.15) is 11.4 Å². The number of hydrogen-bond donors (Lipinski definition) is 3. The predicted molar refractivity (Wildman–Crippen MR) is 182 cm³/mol. The second-order valence-corrected chi connectivity index (χ2v) is 12.9. The van der Waals surface area contributed by atoms with Gasteiger partial charge in [-0.05, 0) is 55.0 Å². The number of piperazine rings is 1. The second kappa shape index (κ2) is 14.2. The summed E-state index contributed by atoms with van der Waals surface area (Å²) in [4.78, 5) is 17.1. The summed E-state index contributed by atoms with van der Waals surface area (Å²) in [6.07, 6.45) is 0. The Hall–Kier alpha value is -5.04. The molecule has 1 aromatic heterocycles. The number of sulfonamides is 1. The number of amides is 1. The summed E-state index contributed by atoms with van der Waals surface area (Å²) >= 11 is 0. The number of benzene rings is 4. The summed E-state index contributed by atoms with van der Waals surface area (Å²) in [5, 5.41) is 22.9. The lowest BCUT2D eigenvalue weighted by Crippen LogP contribution is -2.50. The molecular weight excluding hydrogens is 616 g/mol. The van der Waals surface area contributed by atoms with Crippen molar-refractivity contribution in [3.05, 3.63) is 103 Å². The summed E-state index contributed by atoms with van der Waals surface area (Å²) in [6, 6.07) is 30.3. The van der Waals surface area contributed by atoms with Crippen molar-refractivity contribution in [3.63, 3.8) is 0 Å². The van der Waals surface area contributed by atoms with Gasteiger partial charge >= 0.3 is 0 Å². The van der Waals surface area contributed by atoms with Crippen LogP contribution in [0.25, 0.3) is 22.0 Å². The number of aryl methyl sites for hydroxylation is 1. The molecule has 1 aliphatic rings. The molecule has 242 valence electrons. The summed E-state index contributed by atoms with van der Waals surface area (Å²) in [6.45, 7) is 4.18. The van der Waals surface area contributed by atoms with E-state index in [2.05, 4.69) is 37.3 Å². The fourth-order valence-electron chi connectivity index (χ4n) is 5.56. The molecule has 2 heterocycles. The highest BCUT2D eigenvalue weighted by Gasteiger charge is 2.22. The van der Waals surface area contributed by atoms with E-state index in [1.807, 2.05) is 65.6 Å². The average Bonchev–Trinajstić information content (AvgIpc) is 3.11. The Bertz CT molecular complexity index is 1960. The molecule has 5 aromatic rings. The van der Waals surface area contributed by atoms with Gasteiger partial charge in [0.05, 0.1) is 11.5 Å². The number of aliphatic hydroxyl groups excluding tert-OH is 1. The van der Waals surface area contributed by atoms with Gasteiger partial charge in [-0.2, -0.15) is 0 Å². The Labute approximate surface area is 273 Å². The highest BCUT2D eigenvalue weighted by atomic mass is 32.2. The zero-order chi connectivity index (χ0) is 32.8. The van der Waals surface area contributed by atoms with Crippen LogP contribution in [0.1, 0.15) is 5.56 Å². The van der Waals surface area contributed by atoms with Crippen LogP contribution in [0.15, 0.2) is 102 Å². The van der Waals surface area contributed by atoms with Gasteiger partial charge in [-0.3, -0.25) is 4.79 Å². The second-order valence-electron chi connectivity index (χ2n) is 11.2. The van der Waals surface area contributed by atoms with E-state index in [0.717, 1.165) is 29.5 Å². The minimum atomic E-state index is -3.82. The minimum Gasteiger partial charge on any atom is -0.484 e. The van der Waals surface area contributed by atoms with Gasteiger partial charge in [0.15, 0.2) is 12.4 Å². The standard InChI is InChI=1S/C35H36N6O5S/c1-25-11-12-26(23-32(25)47(44,45)36-17-22-42)34-30-9-5-6-10-31(30)35(39-38-34)37-27-13-15-29(16-14-27)46-24-33(43)41-20-18-40(19-21-41)28-7-3-2-4-8-28/h2-16,23,36,42H,17-22,24H2,1H3,(H,37,39). The van der Waals surface area contributed by atoms with Crippen LogP contribution in [0.4, 0.5) is 17.2 Å². The van der Waals surface area contributed by atoms with Crippen LogP contribution in [0.5, 0.6) is 5.75 Å². The fourth-order valence-corrected chi connectivity index (χ4v) is 6.85. The molecule has 11 nitrogen and oxygen atoms in total. The van der Waals surface area contributed by atoms with Crippen molar-refractivity contribution in [3.8, 4) is 17.0 Å². The molecule has 6 rings (SSSR count). The molecule has 0 aliphatic carbocycles. The number of para-hydroxylation sites is 1. The summed E-state index contributed by atoms with van der Waals surface area (Å²) in [5.74, 6) is 1.07. The third-order valence-electron chi connectivity index (χ3n) is 8.08. The highest BCUT2D eigenvalue weighted by Crippen LogP contribution is 2.33. The third kappa shape index (κ3) is 7.35. The van der Waals surface area contributed by atoms with E-state index in [9.17, 15) is 13.2 Å². The van der Waals surface area contributed by atoms with Gasteiger partial charge in [-0.15, -0.1) is 10.2 Å². The van der Waals surface area contributed by atoms with Gasteiger partial charge in [0.25, 0.3) is 5.91 Å². The minimum absolute atomic E-state index is 0.0325. The molecule has 0 saturated carbocycles. The number of aromatic nitrogens is 2. The molecule has 1 fully saturated rings. The summed E-state index contributed by atoms with van der Waals surface area (Å²) < 4.78 is 33.9. The van der Waals surface area contributed by atoms with E-state index in [1.165, 1.54) is 5.69 Å². The van der Waals surface area contributed by atoms with Crippen LogP contribution in [-0.4, -0.2) is 80.5 Å². The Morgan fingerprint density at radius 1 is 0.872 bits per heavy atom. The SMILES string of the molecule is Cc1ccc(-c2nnc(Nc3ccc(OCC(=O)N4CCN(c5ccccc5)CC4)cc3)c3ccccc23)cc1S(=O)(=O)NCCO. The molecule has 47 heavy (non-hydrogen) atoms. The lowest BCUT2D eigenvalue weighted by molar-refractivity contribution is -0.133. The number of ether oxygens (including phenoxy) is 1. The van der Waals surface area contributed by atoms with E-state index in [0.29, 0.717) is 41.5 Å². The van der Waals surface area contributed by atoms with Gasteiger partial charge in [-0.25, -0.2) is 13.1 Å². The number of anilines is 3. The molecular formula is C35H36N6O5S. The number of hydrogen-bond acceptors (Lipinski definition) is 9. The zero-order valence-electron chi connectivity index (χ0n) is 26.0. The number of rotatable bonds is 11. The number of aliphatic hydroxyl groups is 1. The monoisotopic (exact) mass is 652 g/mol. The number of carbonyl (C=O) groups excluding carboxylic acids is 1. The Balaban J connectivity index is 1.11. The quantitative estimate of drug-likeness (QED) is 0.190.